The fourth-order valence-electron chi connectivity index (χ4n) is 2.33. The van der Waals surface area contributed by atoms with E-state index in [0.717, 1.165) is 38.3 Å². The van der Waals surface area contributed by atoms with Gasteiger partial charge < -0.3 is 9.88 Å². The van der Waals surface area contributed by atoms with Gasteiger partial charge in [-0.3, -0.25) is 9.69 Å². The van der Waals surface area contributed by atoms with Gasteiger partial charge in [-0.25, -0.2) is 0 Å². The third-order valence-corrected chi connectivity index (χ3v) is 3.25. The third-order valence-electron chi connectivity index (χ3n) is 3.25. The van der Waals surface area contributed by atoms with Crippen LogP contribution in [0.15, 0.2) is 23.1 Å². The molecule has 0 spiro atoms. The number of pyridine rings is 1. The third kappa shape index (κ3) is 3.68. The van der Waals surface area contributed by atoms with Crippen LogP contribution in [-0.2, 0) is 6.54 Å². The molecule has 1 aromatic heterocycles. The number of nitrogens with one attached hydrogen (secondary N) is 1. The van der Waals surface area contributed by atoms with Gasteiger partial charge in [0.1, 0.15) is 0 Å². The van der Waals surface area contributed by atoms with Crippen LogP contribution >= 0.6 is 0 Å². The van der Waals surface area contributed by atoms with Crippen LogP contribution in [0.25, 0.3) is 0 Å². The highest BCUT2D eigenvalue weighted by molar-refractivity contribution is 5.09. The molecular weight excluding hydrogens is 214 g/mol. The van der Waals surface area contributed by atoms with E-state index in [9.17, 15) is 4.79 Å². The number of H-pyrrole nitrogens is 1. The molecule has 94 valence electrons. The Morgan fingerprint density at radius 3 is 2.59 bits per heavy atom. The van der Waals surface area contributed by atoms with Crippen molar-refractivity contribution in [3.63, 3.8) is 0 Å². The SMILES string of the molecule is CCCN1CCN(Cc2cc[nH]c(=O)c2)CC1. The Bertz CT molecular complexity index is 394. The monoisotopic (exact) mass is 235 g/mol. The van der Waals surface area contributed by atoms with Gasteiger partial charge in [0.15, 0.2) is 0 Å². The van der Waals surface area contributed by atoms with E-state index in [1.165, 1.54) is 13.0 Å². The Morgan fingerprint density at radius 1 is 1.24 bits per heavy atom. The van der Waals surface area contributed by atoms with E-state index in [2.05, 4.69) is 21.7 Å². The Morgan fingerprint density at radius 2 is 1.94 bits per heavy atom. The number of hydrogen-bond donors (Lipinski definition) is 1. The van der Waals surface area contributed by atoms with Crippen molar-refractivity contribution in [3.05, 3.63) is 34.2 Å². The molecule has 17 heavy (non-hydrogen) atoms. The number of nitrogens with zero attached hydrogens (tertiary/aromatic N) is 2. The molecule has 0 unspecified atom stereocenters. The minimum absolute atomic E-state index is 0.00730. The zero-order chi connectivity index (χ0) is 12.1. The molecule has 1 aliphatic heterocycles. The lowest BCUT2D eigenvalue weighted by Gasteiger charge is -2.34. The van der Waals surface area contributed by atoms with Gasteiger partial charge in [-0.2, -0.15) is 0 Å². The van der Waals surface area contributed by atoms with Crippen LogP contribution in [0.4, 0.5) is 0 Å². The average molecular weight is 235 g/mol. The van der Waals surface area contributed by atoms with Gasteiger partial charge in [0.05, 0.1) is 0 Å². The fourth-order valence-corrected chi connectivity index (χ4v) is 2.33. The van der Waals surface area contributed by atoms with E-state index < -0.39 is 0 Å². The van der Waals surface area contributed by atoms with Gasteiger partial charge in [0.25, 0.3) is 0 Å². The molecule has 0 atom stereocenters. The summed E-state index contributed by atoms with van der Waals surface area (Å²) >= 11 is 0. The minimum atomic E-state index is -0.00730. The zero-order valence-electron chi connectivity index (χ0n) is 10.5. The van der Waals surface area contributed by atoms with Crippen LogP contribution in [0, 0.1) is 0 Å². The summed E-state index contributed by atoms with van der Waals surface area (Å²) in [5, 5.41) is 0. The maximum Gasteiger partial charge on any atom is 0.248 e. The zero-order valence-corrected chi connectivity index (χ0v) is 10.5. The molecule has 1 aliphatic rings. The van der Waals surface area contributed by atoms with Crippen molar-refractivity contribution in [2.45, 2.75) is 19.9 Å². The van der Waals surface area contributed by atoms with Gasteiger partial charge in [0.2, 0.25) is 5.56 Å². The number of piperazine rings is 1. The summed E-state index contributed by atoms with van der Waals surface area (Å²) < 4.78 is 0. The van der Waals surface area contributed by atoms with E-state index in [1.54, 1.807) is 12.3 Å². The second kappa shape index (κ2) is 5.98. The van der Waals surface area contributed by atoms with Crippen LogP contribution in [0.1, 0.15) is 18.9 Å². The molecular formula is C13H21N3O. The average Bonchev–Trinajstić information content (AvgIpc) is 2.32. The summed E-state index contributed by atoms with van der Waals surface area (Å²) in [6.07, 6.45) is 2.96. The van der Waals surface area contributed by atoms with Crippen molar-refractivity contribution in [2.75, 3.05) is 32.7 Å². The second-order valence-electron chi connectivity index (χ2n) is 4.68. The molecule has 0 amide bonds. The van der Waals surface area contributed by atoms with Crippen LogP contribution in [0.2, 0.25) is 0 Å². The highest BCUT2D eigenvalue weighted by atomic mass is 16.1. The van der Waals surface area contributed by atoms with Gasteiger partial charge in [-0.15, -0.1) is 0 Å². The molecule has 0 aliphatic carbocycles. The molecule has 2 heterocycles. The van der Waals surface area contributed by atoms with Crippen LogP contribution in [0.5, 0.6) is 0 Å². The first-order chi connectivity index (χ1) is 8.28. The molecule has 1 aromatic rings. The Labute approximate surface area is 102 Å². The topological polar surface area (TPSA) is 39.3 Å². The van der Waals surface area contributed by atoms with Gasteiger partial charge in [-0.1, -0.05) is 6.92 Å². The highest BCUT2D eigenvalue weighted by Crippen LogP contribution is 2.06. The molecule has 4 nitrogen and oxygen atoms in total. The fraction of sp³-hybridized carbons (Fsp3) is 0.615. The number of hydrogen-bond acceptors (Lipinski definition) is 3. The van der Waals surface area contributed by atoms with E-state index in [4.69, 9.17) is 0 Å². The second-order valence-corrected chi connectivity index (χ2v) is 4.68. The van der Waals surface area contributed by atoms with Crippen molar-refractivity contribution in [1.82, 2.24) is 14.8 Å². The Hall–Kier alpha value is -1.13. The van der Waals surface area contributed by atoms with E-state index in [0.29, 0.717) is 0 Å². The smallest absolute Gasteiger partial charge is 0.248 e. The molecule has 1 fully saturated rings. The molecule has 0 saturated carbocycles. The van der Waals surface area contributed by atoms with E-state index in [1.807, 2.05) is 6.07 Å². The quantitative estimate of drug-likeness (QED) is 0.843. The van der Waals surface area contributed by atoms with Crippen molar-refractivity contribution >= 4 is 0 Å². The maximum atomic E-state index is 11.2. The van der Waals surface area contributed by atoms with Crippen LogP contribution in [0.3, 0.4) is 0 Å². The normalized spacial score (nSPS) is 18.4. The van der Waals surface area contributed by atoms with Gasteiger partial charge >= 0.3 is 0 Å². The number of aromatic nitrogens is 1. The first-order valence-electron chi connectivity index (χ1n) is 6.40. The predicted octanol–water partition coefficient (Wildman–Crippen LogP) is 0.903. The van der Waals surface area contributed by atoms with Crippen molar-refractivity contribution in [2.24, 2.45) is 0 Å². The van der Waals surface area contributed by atoms with Crippen molar-refractivity contribution < 1.29 is 0 Å². The van der Waals surface area contributed by atoms with Crippen LogP contribution < -0.4 is 5.56 Å². The summed E-state index contributed by atoms with van der Waals surface area (Å²) in [6.45, 7) is 8.83. The minimum Gasteiger partial charge on any atom is -0.329 e. The molecule has 4 heteroatoms. The maximum absolute atomic E-state index is 11.2. The van der Waals surface area contributed by atoms with Gasteiger partial charge in [-0.05, 0) is 24.6 Å². The molecule has 1 N–H and O–H groups in total. The lowest BCUT2D eigenvalue weighted by atomic mass is 10.2. The van der Waals surface area contributed by atoms with Crippen molar-refractivity contribution in [1.29, 1.82) is 0 Å². The lowest BCUT2D eigenvalue weighted by Crippen LogP contribution is -2.46. The Balaban J connectivity index is 1.84. The summed E-state index contributed by atoms with van der Waals surface area (Å²) in [5.41, 5.74) is 1.10. The van der Waals surface area contributed by atoms with Gasteiger partial charge in [0, 0.05) is 45.0 Å². The van der Waals surface area contributed by atoms with E-state index in [-0.39, 0.29) is 5.56 Å². The Kier molecular flexibility index (Phi) is 4.34. The summed E-state index contributed by atoms with van der Waals surface area (Å²) in [6, 6.07) is 3.68. The standard InChI is InChI=1S/C13H21N3O/c1-2-5-15-6-8-16(9-7-15)11-12-3-4-14-13(17)10-12/h3-4,10H,2,5-9,11H2,1H3,(H,14,17). The molecule has 0 bridgehead atoms. The van der Waals surface area contributed by atoms with Crippen molar-refractivity contribution in [3.8, 4) is 0 Å². The van der Waals surface area contributed by atoms with Crippen LogP contribution in [-0.4, -0.2) is 47.5 Å². The van der Waals surface area contributed by atoms with E-state index >= 15 is 0 Å². The first kappa shape index (κ1) is 12.3. The summed E-state index contributed by atoms with van der Waals surface area (Å²) in [5.74, 6) is 0. The predicted molar refractivity (Wildman–Crippen MR) is 69.1 cm³/mol. The molecule has 0 aromatic carbocycles. The first-order valence-corrected chi connectivity index (χ1v) is 6.40. The molecule has 2 rings (SSSR count). The number of rotatable bonds is 4. The highest BCUT2D eigenvalue weighted by Gasteiger charge is 2.15. The summed E-state index contributed by atoms with van der Waals surface area (Å²) in [7, 11) is 0. The molecule has 1 saturated heterocycles. The molecule has 0 radical (unpaired) electrons. The number of aromatic amines is 1. The summed E-state index contributed by atoms with van der Waals surface area (Å²) in [4.78, 5) is 18.8. The largest absolute Gasteiger partial charge is 0.329 e. The lowest BCUT2D eigenvalue weighted by molar-refractivity contribution is 0.127.